The molecular formula is C16H9N2O+. The number of nitrogens with zero attached hydrogens (tertiary/aromatic N) is 2. The zero-order valence-electron chi connectivity index (χ0n) is 9.96. The summed E-state index contributed by atoms with van der Waals surface area (Å²) in [5.74, 6) is 0.0240. The van der Waals surface area contributed by atoms with Gasteiger partial charge in [0.05, 0.1) is 0 Å². The number of phenols is 1. The van der Waals surface area contributed by atoms with Crippen LogP contribution in [0.1, 0.15) is 0 Å². The summed E-state index contributed by atoms with van der Waals surface area (Å²) in [4.78, 5) is 3.17. The van der Waals surface area contributed by atoms with Crippen LogP contribution in [0.25, 0.3) is 38.0 Å². The molecule has 3 aromatic rings. The van der Waals surface area contributed by atoms with Gasteiger partial charge in [0.2, 0.25) is 11.1 Å². The summed E-state index contributed by atoms with van der Waals surface area (Å²) in [6.07, 6.45) is 0. The van der Waals surface area contributed by atoms with Crippen LogP contribution >= 0.6 is 0 Å². The molecule has 0 bridgehead atoms. The van der Waals surface area contributed by atoms with E-state index in [2.05, 4.69) is 11.0 Å². The maximum absolute atomic E-state index is 10.2. The number of phenolic OH excluding ortho intramolecular Hbond substituents is 1. The Labute approximate surface area is 109 Å². The fourth-order valence-corrected chi connectivity index (χ4v) is 2.92. The molecule has 0 saturated heterocycles. The Morgan fingerprint density at radius 2 is 1.53 bits per heavy atom. The molecule has 19 heavy (non-hydrogen) atoms. The lowest BCUT2D eigenvalue weighted by Gasteiger charge is -2.01. The van der Waals surface area contributed by atoms with Crippen molar-refractivity contribution in [1.82, 2.24) is 0 Å². The van der Waals surface area contributed by atoms with Crippen LogP contribution in [-0.4, -0.2) is 5.11 Å². The van der Waals surface area contributed by atoms with Crippen LogP contribution in [0.2, 0.25) is 0 Å². The molecule has 3 heteroatoms. The topological polar surface area (TPSA) is 48.4 Å². The normalized spacial score (nSPS) is 11.3. The molecule has 0 unspecified atom stereocenters. The molecule has 0 aromatic heterocycles. The second-order valence-corrected chi connectivity index (χ2v) is 4.67. The van der Waals surface area contributed by atoms with Crippen LogP contribution in [0.3, 0.4) is 0 Å². The van der Waals surface area contributed by atoms with E-state index in [4.69, 9.17) is 5.39 Å². The third kappa shape index (κ3) is 1.13. The molecule has 0 aliphatic heterocycles. The first-order valence-electron chi connectivity index (χ1n) is 6.05. The summed E-state index contributed by atoms with van der Waals surface area (Å²) in [6.45, 7) is 0. The van der Waals surface area contributed by atoms with Gasteiger partial charge in [-0.25, -0.2) is 0 Å². The van der Waals surface area contributed by atoms with E-state index in [0.717, 1.165) is 33.0 Å². The Bertz CT molecular complexity index is 891. The Morgan fingerprint density at radius 3 is 2.26 bits per heavy atom. The van der Waals surface area contributed by atoms with Gasteiger partial charge in [-0.15, -0.1) is 0 Å². The monoisotopic (exact) mass is 245 g/mol. The van der Waals surface area contributed by atoms with E-state index in [-0.39, 0.29) is 11.4 Å². The van der Waals surface area contributed by atoms with Gasteiger partial charge in [-0.05, 0) is 22.3 Å². The van der Waals surface area contributed by atoms with Gasteiger partial charge in [0.15, 0.2) is 4.98 Å². The van der Waals surface area contributed by atoms with E-state index >= 15 is 0 Å². The molecule has 0 atom stereocenters. The number of fused-ring (bicyclic) bond motifs is 3. The van der Waals surface area contributed by atoms with Crippen LogP contribution < -0.4 is 0 Å². The van der Waals surface area contributed by atoms with Crippen LogP contribution in [0.4, 0.5) is 5.69 Å². The highest BCUT2D eigenvalue weighted by Gasteiger charge is 2.27. The quantitative estimate of drug-likeness (QED) is 0.457. The average molecular weight is 245 g/mol. The molecule has 0 fully saturated rings. The lowest BCUT2D eigenvalue weighted by molar-refractivity contribution is 0.484. The third-order valence-corrected chi connectivity index (χ3v) is 3.73. The Balaban J connectivity index is 2.29. The molecule has 3 nitrogen and oxygen atoms in total. The van der Waals surface area contributed by atoms with E-state index in [1.165, 1.54) is 0 Å². The van der Waals surface area contributed by atoms with Crippen molar-refractivity contribution < 1.29 is 5.11 Å². The standard InChI is InChI=1S/C16H8N2O/c17-18-14-8-13-10-5-2-1-4-9(10)11-6-3-7-12(15(11)13)16(14)19/h1-8H/p+1. The highest BCUT2D eigenvalue weighted by molar-refractivity contribution is 6.18. The summed E-state index contributed by atoms with van der Waals surface area (Å²) >= 11 is 0. The van der Waals surface area contributed by atoms with E-state index in [1.807, 2.05) is 36.4 Å². The fraction of sp³-hybridized carbons (Fsp3) is 0. The molecule has 3 aromatic carbocycles. The lowest BCUT2D eigenvalue weighted by atomic mass is 10.0. The summed E-state index contributed by atoms with van der Waals surface area (Å²) in [5, 5.41) is 20.9. The Kier molecular flexibility index (Phi) is 1.77. The predicted octanol–water partition coefficient (Wildman–Crippen LogP) is 4.68. The first kappa shape index (κ1) is 10.1. The van der Waals surface area contributed by atoms with E-state index in [9.17, 15) is 5.11 Å². The van der Waals surface area contributed by atoms with Gasteiger partial charge in [0.25, 0.3) is 0 Å². The Hall–Kier alpha value is -2.86. The van der Waals surface area contributed by atoms with Crippen LogP contribution in [0.15, 0.2) is 48.5 Å². The summed E-state index contributed by atoms with van der Waals surface area (Å²) in [6, 6.07) is 15.6. The molecule has 0 radical (unpaired) electrons. The van der Waals surface area contributed by atoms with Gasteiger partial charge in [-0.1, -0.05) is 42.5 Å². The minimum absolute atomic E-state index is 0.0240. The van der Waals surface area contributed by atoms with E-state index in [0.29, 0.717) is 0 Å². The SMILES string of the molecule is N#[N+]c1cc2c3c(cccc3c1O)-c1ccccc1-2. The van der Waals surface area contributed by atoms with E-state index in [1.54, 1.807) is 6.07 Å². The van der Waals surface area contributed by atoms with Crippen molar-refractivity contribution in [3.63, 3.8) is 0 Å². The smallest absolute Gasteiger partial charge is 0.427 e. The predicted molar refractivity (Wildman–Crippen MR) is 74.8 cm³/mol. The summed E-state index contributed by atoms with van der Waals surface area (Å²) in [7, 11) is 0. The van der Waals surface area contributed by atoms with Gasteiger partial charge < -0.3 is 5.11 Å². The van der Waals surface area contributed by atoms with Crippen molar-refractivity contribution in [3.8, 4) is 28.0 Å². The molecule has 0 saturated carbocycles. The van der Waals surface area contributed by atoms with Crippen molar-refractivity contribution in [2.75, 3.05) is 0 Å². The molecule has 88 valence electrons. The number of diazo groups is 1. The molecule has 1 N–H and O–H groups in total. The second kappa shape index (κ2) is 3.33. The Morgan fingerprint density at radius 1 is 0.842 bits per heavy atom. The highest BCUT2D eigenvalue weighted by Crippen LogP contribution is 2.51. The fourth-order valence-electron chi connectivity index (χ4n) is 2.92. The zero-order chi connectivity index (χ0) is 13.0. The third-order valence-electron chi connectivity index (χ3n) is 3.73. The number of benzene rings is 3. The highest BCUT2D eigenvalue weighted by atomic mass is 16.3. The second-order valence-electron chi connectivity index (χ2n) is 4.67. The van der Waals surface area contributed by atoms with Crippen molar-refractivity contribution in [1.29, 1.82) is 5.39 Å². The number of hydrogen-bond acceptors (Lipinski definition) is 2. The van der Waals surface area contributed by atoms with Crippen LogP contribution in [0.5, 0.6) is 5.75 Å². The van der Waals surface area contributed by atoms with Crippen molar-refractivity contribution >= 4 is 16.5 Å². The maximum atomic E-state index is 10.2. The number of rotatable bonds is 0. The lowest BCUT2D eigenvalue weighted by Crippen LogP contribution is -1.77. The molecule has 0 heterocycles. The minimum atomic E-state index is 0.0240. The minimum Gasteiger partial charge on any atom is -0.501 e. The molecule has 1 aliphatic rings. The number of aromatic hydroxyl groups is 1. The molecule has 4 rings (SSSR count). The molecule has 0 amide bonds. The van der Waals surface area contributed by atoms with Gasteiger partial charge in [0, 0.05) is 16.8 Å². The van der Waals surface area contributed by atoms with Crippen molar-refractivity contribution in [2.24, 2.45) is 0 Å². The van der Waals surface area contributed by atoms with Gasteiger partial charge in [0.1, 0.15) is 0 Å². The summed E-state index contributed by atoms with van der Waals surface area (Å²) < 4.78 is 0. The van der Waals surface area contributed by atoms with Gasteiger partial charge in [-0.2, -0.15) is 0 Å². The zero-order valence-corrected chi connectivity index (χ0v) is 9.96. The molecule has 0 spiro atoms. The van der Waals surface area contributed by atoms with Gasteiger partial charge in [-0.3, -0.25) is 0 Å². The average Bonchev–Trinajstić information content (AvgIpc) is 2.78. The first-order valence-corrected chi connectivity index (χ1v) is 6.05. The number of hydrogen-bond donors (Lipinski definition) is 1. The van der Waals surface area contributed by atoms with E-state index < -0.39 is 0 Å². The molecule has 1 aliphatic carbocycles. The summed E-state index contributed by atoms with van der Waals surface area (Å²) in [5.41, 5.74) is 4.59. The maximum Gasteiger partial charge on any atom is 0.427 e. The largest absolute Gasteiger partial charge is 0.501 e. The first-order chi connectivity index (χ1) is 9.31. The van der Waals surface area contributed by atoms with Crippen LogP contribution in [-0.2, 0) is 0 Å². The van der Waals surface area contributed by atoms with Gasteiger partial charge >= 0.3 is 5.69 Å². The van der Waals surface area contributed by atoms with Crippen molar-refractivity contribution in [2.45, 2.75) is 0 Å². The van der Waals surface area contributed by atoms with Crippen LogP contribution in [0, 0.1) is 5.39 Å². The van der Waals surface area contributed by atoms with Crippen molar-refractivity contribution in [3.05, 3.63) is 53.5 Å². The molecular weight excluding hydrogens is 236 g/mol.